The highest BCUT2D eigenvalue weighted by Crippen LogP contribution is 2.28. The van der Waals surface area contributed by atoms with Crippen LogP contribution in [0.3, 0.4) is 0 Å². The van der Waals surface area contributed by atoms with E-state index >= 15 is 0 Å². The molecule has 4 aromatic rings. The summed E-state index contributed by atoms with van der Waals surface area (Å²) in [6, 6.07) is 30.7. The fourth-order valence-corrected chi connectivity index (χ4v) is 4.36. The van der Waals surface area contributed by atoms with Gasteiger partial charge in [0.25, 0.3) is 0 Å². The van der Waals surface area contributed by atoms with Crippen molar-refractivity contribution in [3.8, 4) is 22.4 Å². The van der Waals surface area contributed by atoms with Crippen LogP contribution in [-0.4, -0.2) is 14.1 Å². The quantitative estimate of drug-likeness (QED) is 0.204. The average molecular weight is 639 g/mol. The monoisotopic (exact) mass is 638 g/mol. The summed E-state index contributed by atoms with van der Waals surface area (Å²) in [5.74, 6) is 0. The van der Waals surface area contributed by atoms with Crippen molar-refractivity contribution in [1.29, 1.82) is 0 Å². The third kappa shape index (κ3) is 6.83. The topological polar surface area (TPSA) is 7.12 Å². The molecule has 180 valence electrons. The van der Waals surface area contributed by atoms with E-state index in [-0.39, 0.29) is 24.0 Å². The number of rotatable bonds is 7. The Morgan fingerprint density at radius 2 is 1.40 bits per heavy atom. The molecule has 0 aliphatic rings. The second kappa shape index (κ2) is 12.5. The molecule has 1 aromatic heterocycles. The molecule has 4 heteroatoms. The standard InChI is InChI=1S/C31H32BrN2.HI/c1-5-20-34-30(19-10-24-8-17-29(18-9-24)33(3)4)21-27(25-13-15-28(32)16-14-25)22-31(34)26-11-6-23(2)7-12-26;/h6-19,21-22H,5,20H2,1-4H3;1H/q+1;/p-1. The lowest BCUT2D eigenvalue weighted by molar-refractivity contribution is -0.687. The van der Waals surface area contributed by atoms with Crippen LogP contribution in [-0.2, 0) is 6.54 Å². The number of hydrogen-bond acceptors (Lipinski definition) is 1. The molecule has 0 atom stereocenters. The van der Waals surface area contributed by atoms with Crippen molar-refractivity contribution >= 4 is 33.8 Å². The van der Waals surface area contributed by atoms with Crippen molar-refractivity contribution in [2.24, 2.45) is 0 Å². The minimum absolute atomic E-state index is 0. The molecule has 0 saturated heterocycles. The molecule has 0 aliphatic heterocycles. The van der Waals surface area contributed by atoms with E-state index in [4.69, 9.17) is 0 Å². The van der Waals surface area contributed by atoms with Crippen molar-refractivity contribution < 1.29 is 28.5 Å². The van der Waals surface area contributed by atoms with Crippen LogP contribution in [0.1, 0.15) is 30.2 Å². The van der Waals surface area contributed by atoms with Crippen LogP contribution in [0.15, 0.2) is 89.4 Å². The van der Waals surface area contributed by atoms with Gasteiger partial charge in [-0.05, 0) is 66.1 Å². The van der Waals surface area contributed by atoms with Crippen LogP contribution < -0.4 is 33.4 Å². The summed E-state index contributed by atoms with van der Waals surface area (Å²) < 4.78 is 3.53. The maximum atomic E-state index is 3.57. The molecule has 0 radical (unpaired) electrons. The molecule has 0 saturated carbocycles. The molecule has 0 bridgehead atoms. The molecule has 35 heavy (non-hydrogen) atoms. The van der Waals surface area contributed by atoms with E-state index in [1.54, 1.807) is 0 Å². The lowest BCUT2D eigenvalue weighted by Crippen LogP contribution is -3.00. The first-order chi connectivity index (χ1) is 16.4. The van der Waals surface area contributed by atoms with Gasteiger partial charge < -0.3 is 28.9 Å². The number of hydrogen-bond donors (Lipinski definition) is 0. The molecule has 0 unspecified atom stereocenters. The smallest absolute Gasteiger partial charge is 0.213 e. The van der Waals surface area contributed by atoms with E-state index in [0.29, 0.717) is 0 Å². The highest BCUT2D eigenvalue weighted by Gasteiger charge is 2.19. The van der Waals surface area contributed by atoms with Crippen molar-refractivity contribution in [2.45, 2.75) is 26.8 Å². The van der Waals surface area contributed by atoms with E-state index in [0.717, 1.165) is 17.4 Å². The molecular formula is C31H32BrIN2. The van der Waals surface area contributed by atoms with Crippen LogP contribution in [0.2, 0.25) is 0 Å². The number of anilines is 1. The van der Waals surface area contributed by atoms with Crippen molar-refractivity contribution in [2.75, 3.05) is 19.0 Å². The van der Waals surface area contributed by atoms with Gasteiger partial charge in [-0.3, -0.25) is 0 Å². The van der Waals surface area contributed by atoms with Gasteiger partial charge in [0.05, 0.1) is 0 Å². The number of benzene rings is 3. The van der Waals surface area contributed by atoms with Crippen LogP contribution in [0, 0.1) is 6.92 Å². The maximum Gasteiger partial charge on any atom is 0.213 e. The Kier molecular flexibility index (Phi) is 9.70. The lowest BCUT2D eigenvalue weighted by Gasteiger charge is -2.12. The zero-order chi connectivity index (χ0) is 24.1. The zero-order valence-electron chi connectivity index (χ0n) is 20.8. The number of nitrogens with zero attached hydrogens (tertiary/aromatic N) is 2. The van der Waals surface area contributed by atoms with Gasteiger partial charge in [0.15, 0.2) is 0 Å². The van der Waals surface area contributed by atoms with Gasteiger partial charge in [-0.2, -0.15) is 4.57 Å². The fraction of sp³-hybridized carbons (Fsp3) is 0.194. The summed E-state index contributed by atoms with van der Waals surface area (Å²) in [6.07, 6.45) is 5.53. The Balaban J connectivity index is 0.00000342. The summed E-state index contributed by atoms with van der Waals surface area (Å²) in [7, 11) is 4.14. The van der Waals surface area contributed by atoms with E-state index in [9.17, 15) is 0 Å². The van der Waals surface area contributed by atoms with E-state index in [1.807, 2.05) is 0 Å². The minimum atomic E-state index is 0. The third-order valence-electron chi connectivity index (χ3n) is 6.03. The van der Waals surface area contributed by atoms with E-state index < -0.39 is 0 Å². The molecule has 0 fully saturated rings. The Labute approximate surface area is 235 Å². The van der Waals surface area contributed by atoms with Crippen LogP contribution >= 0.6 is 15.9 Å². The molecule has 0 amide bonds. The predicted octanol–water partition coefficient (Wildman–Crippen LogP) is 5.03. The summed E-state index contributed by atoms with van der Waals surface area (Å²) in [4.78, 5) is 2.12. The van der Waals surface area contributed by atoms with Crippen molar-refractivity contribution in [3.05, 3.63) is 106 Å². The molecule has 0 aliphatic carbocycles. The Bertz CT molecular complexity index is 1280. The molecule has 1 heterocycles. The summed E-state index contributed by atoms with van der Waals surface area (Å²) in [6.45, 7) is 5.34. The van der Waals surface area contributed by atoms with Gasteiger partial charge in [0.2, 0.25) is 11.4 Å². The van der Waals surface area contributed by atoms with Crippen molar-refractivity contribution in [3.63, 3.8) is 0 Å². The van der Waals surface area contributed by atoms with Gasteiger partial charge in [-0.25, -0.2) is 0 Å². The predicted molar refractivity (Wildman–Crippen MR) is 150 cm³/mol. The van der Waals surface area contributed by atoms with Gasteiger partial charge in [-0.15, -0.1) is 0 Å². The van der Waals surface area contributed by atoms with Crippen LogP contribution in [0.4, 0.5) is 5.69 Å². The first-order valence-electron chi connectivity index (χ1n) is 11.8. The first kappa shape index (κ1) is 27.2. The highest BCUT2D eigenvalue weighted by atomic mass is 127. The second-order valence-corrected chi connectivity index (χ2v) is 9.81. The molecule has 4 rings (SSSR count). The largest absolute Gasteiger partial charge is 1.00 e. The zero-order valence-corrected chi connectivity index (χ0v) is 24.5. The van der Waals surface area contributed by atoms with Gasteiger partial charge in [0, 0.05) is 54.4 Å². The van der Waals surface area contributed by atoms with E-state index in [1.165, 1.54) is 44.9 Å². The number of halogens is 2. The Morgan fingerprint density at radius 3 is 2.00 bits per heavy atom. The van der Waals surface area contributed by atoms with Gasteiger partial charge in [-0.1, -0.05) is 64.8 Å². The van der Waals surface area contributed by atoms with Gasteiger partial charge >= 0.3 is 0 Å². The van der Waals surface area contributed by atoms with Crippen molar-refractivity contribution in [1.82, 2.24) is 0 Å². The SMILES string of the molecule is CCC[n+]1c(C=Cc2ccc(N(C)C)cc2)cc(-c2ccc(Br)cc2)cc1-c1ccc(C)cc1.[I-]. The number of aromatic nitrogens is 1. The number of pyridine rings is 1. The molecular weight excluding hydrogens is 607 g/mol. The summed E-state index contributed by atoms with van der Waals surface area (Å²) in [5, 5.41) is 0. The van der Waals surface area contributed by atoms with Crippen LogP contribution in [0.5, 0.6) is 0 Å². The van der Waals surface area contributed by atoms with Gasteiger partial charge in [0.1, 0.15) is 6.54 Å². The van der Waals surface area contributed by atoms with Crippen LogP contribution in [0.25, 0.3) is 34.5 Å². The first-order valence-corrected chi connectivity index (χ1v) is 12.6. The average Bonchev–Trinajstić information content (AvgIpc) is 2.84. The minimum Gasteiger partial charge on any atom is -1.00 e. The molecule has 3 aromatic carbocycles. The highest BCUT2D eigenvalue weighted by molar-refractivity contribution is 9.10. The number of aryl methyl sites for hydroxylation is 1. The fourth-order valence-electron chi connectivity index (χ4n) is 4.09. The normalized spacial score (nSPS) is 10.9. The van der Waals surface area contributed by atoms with E-state index in [2.05, 4.69) is 150 Å². The Morgan fingerprint density at radius 1 is 0.771 bits per heavy atom. The molecule has 0 spiro atoms. The second-order valence-electron chi connectivity index (χ2n) is 8.90. The Hall–Kier alpha value is -2.44. The summed E-state index contributed by atoms with van der Waals surface area (Å²) >= 11 is 3.57. The maximum absolute atomic E-state index is 3.57. The molecule has 2 nitrogen and oxygen atoms in total. The lowest BCUT2D eigenvalue weighted by atomic mass is 10.00. The third-order valence-corrected chi connectivity index (χ3v) is 6.55. The summed E-state index contributed by atoms with van der Waals surface area (Å²) in [5.41, 5.74) is 9.79. The molecule has 0 N–H and O–H groups in total.